The van der Waals surface area contributed by atoms with E-state index in [0.717, 1.165) is 99.7 Å². The maximum absolute atomic E-state index is 7.05. The van der Waals surface area contributed by atoms with Gasteiger partial charge in [0.05, 0.1) is 17.1 Å². The van der Waals surface area contributed by atoms with Crippen LogP contribution in [-0.4, -0.2) is 0 Å². The van der Waals surface area contributed by atoms with E-state index in [4.69, 9.17) is 8.83 Å². The van der Waals surface area contributed by atoms with Crippen molar-refractivity contribution in [1.82, 2.24) is 0 Å². The number of nitrogens with zero attached hydrogens (tertiary/aromatic N) is 2. The van der Waals surface area contributed by atoms with Gasteiger partial charge in [-0.3, -0.25) is 0 Å². The highest BCUT2D eigenvalue weighted by Gasteiger charge is 2.23. The summed E-state index contributed by atoms with van der Waals surface area (Å²) in [5.41, 5.74) is 12.0. The van der Waals surface area contributed by atoms with E-state index in [-0.39, 0.29) is 0 Å². The molecule has 0 radical (unpaired) electrons. The summed E-state index contributed by atoms with van der Waals surface area (Å²) in [5.74, 6) is 0. The van der Waals surface area contributed by atoms with Gasteiger partial charge in [-0.25, -0.2) is 0 Å². The summed E-state index contributed by atoms with van der Waals surface area (Å²) in [6, 6.07) is 77.1. The van der Waals surface area contributed by atoms with Crippen molar-refractivity contribution in [3.63, 3.8) is 0 Å². The van der Waals surface area contributed by atoms with Gasteiger partial charge in [-0.1, -0.05) is 140 Å². The van der Waals surface area contributed by atoms with Crippen LogP contribution < -0.4 is 9.80 Å². The molecule has 0 N–H and O–H groups in total. The number of rotatable bonds is 7. The molecule has 12 aromatic rings. The van der Waals surface area contributed by atoms with Crippen LogP contribution in [0.2, 0.25) is 0 Å². The average Bonchev–Trinajstić information content (AvgIpc) is 3.90. The molecule has 4 heteroatoms. The van der Waals surface area contributed by atoms with Gasteiger partial charge in [0.1, 0.15) is 16.7 Å². The van der Waals surface area contributed by atoms with Crippen LogP contribution in [0.5, 0.6) is 0 Å². The minimum Gasteiger partial charge on any atom is -0.455 e. The van der Waals surface area contributed by atoms with Crippen LogP contribution in [0.4, 0.5) is 34.1 Å². The lowest BCUT2D eigenvalue weighted by Crippen LogP contribution is -2.11. The monoisotopic (exact) mass is 768 g/mol. The van der Waals surface area contributed by atoms with Crippen LogP contribution in [-0.2, 0) is 0 Å². The molecule has 60 heavy (non-hydrogen) atoms. The predicted molar refractivity (Wildman–Crippen MR) is 251 cm³/mol. The second-order valence-corrected chi connectivity index (χ2v) is 15.2. The molecule has 10 aromatic carbocycles. The highest BCUT2D eigenvalue weighted by Crippen LogP contribution is 2.48. The Morgan fingerprint density at radius 2 is 0.817 bits per heavy atom. The van der Waals surface area contributed by atoms with E-state index in [2.05, 4.69) is 216 Å². The second kappa shape index (κ2) is 13.8. The fourth-order valence-corrected chi connectivity index (χ4v) is 9.16. The van der Waals surface area contributed by atoms with E-state index in [0.29, 0.717) is 0 Å². The maximum atomic E-state index is 7.05. The Labute approximate surface area is 346 Å². The van der Waals surface area contributed by atoms with Crippen molar-refractivity contribution in [3.8, 4) is 11.1 Å². The standard InChI is InChI=1S/C56H36N2O2/c1-4-17-37(18-5-1)42-23-12-14-28-50(42)57(38-19-6-2-7-20-38)40-31-33-47-49(35-40)43-24-10-11-26-45(43)54-48-34-32-41(36-53(48)60-56(47)54)58(39-21-8-3-9-22-39)51-29-16-27-46-44-25-13-15-30-52(44)59-55(46)51/h1-36H. The fourth-order valence-electron chi connectivity index (χ4n) is 9.16. The maximum Gasteiger partial charge on any atom is 0.159 e. The van der Waals surface area contributed by atoms with E-state index in [1.807, 2.05) is 12.1 Å². The average molecular weight is 769 g/mol. The summed E-state index contributed by atoms with van der Waals surface area (Å²) in [6.07, 6.45) is 0. The Morgan fingerprint density at radius 1 is 0.283 bits per heavy atom. The van der Waals surface area contributed by atoms with Gasteiger partial charge >= 0.3 is 0 Å². The van der Waals surface area contributed by atoms with Gasteiger partial charge in [0.2, 0.25) is 0 Å². The molecule has 4 nitrogen and oxygen atoms in total. The smallest absolute Gasteiger partial charge is 0.159 e. The number of benzene rings is 10. The summed E-state index contributed by atoms with van der Waals surface area (Å²) in [4.78, 5) is 4.64. The summed E-state index contributed by atoms with van der Waals surface area (Å²) in [5, 5.41) is 8.93. The zero-order valence-electron chi connectivity index (χ0n) is 32.5. The third kappa shape index (κ3) is 5.39. The minimum absolute atomic E-state index is 0.824. The van der Waals surface area contributed by atoms with Gasteiger partial charge in [0.25, 0.3) is 0 Å². The molecule has 2 heterocycles. The Hall–Kier alpha value is -8.08. The Bertz CT molecular complexity index is 3550. The largest absolute Gasteiger partial charge is 0.455 e. The first-order valence-corrected chi connectivity index (χ1v) is 20.3. The summed E-state index contributed by atoms with van der Waals surface area (Å²) >= 11 is 0. The van der Waals surface area contributed by atoms with E-state index >= 15 is 0 Å². The Morgan fingerprint density at radius 3 is 1.58 bits per heavy atom. The van der Waals surface area contributed by atoms with Crippen LogP contribution in [0.25, 0.3) is 76.5 Å². The number of para-hydroxylation sites is 5. The molecule has 0 saturated carbocycles. The van der Waals surface area contributed by atoms with Crippen LogP contribution in [0.3, 0.4) is 0 Å². The van der Waals surface area contributed by atoms with Gasteiger partial charge < -0.3 is 18.6 Å². The number of hydrogen-bond donors (Lipinski definition) is 0. The summed E-state index contributed by atoms with van der Waals surface area (Å²) in [6.45, 7) is 0. The van der Waals surface area contributed by atoms with Crippen molar-refractivity contribution in [3.05, 3.63) is 218 Å². The van der Waals surface area contributed by atoms with E-state index < -0.39 is 0 Å². The predicted octanol–water partition coefficient (Wildman–Crippen LogP) is 16.4. The minimum atomic E-state index is 0.824. The van der Waals surface area contributed by atoms with Crippen molar-refractivity contribution in [2.24, 2.45) is 0 Å². The Balaban J connectivity index is 1.07. The lowest BCUT2D eigenvalue weighted by Gasteiger charge is -2.28. The van der Waals surface area contributed by atoms with Crippen LogP contribution >= 0.6 is 0 Å². The third-order valence-corrected chi connectivity index (χ3v) is 11.8. The first-order valence-electron chi connectivity index (χ1n) is 20.3. The summed E-state index contributed by atoms with van der Waals surface area (Å²) in [7, 11) is 0. The van der Waals surface area contributed by atoms with Crippen molar-refractivity contribution < 1.29 is 8.83 Å². The van der Waals surface area contributed by atoms with E-state index in [1.54, 1.807) is 0 Å². The lowest BCUT2D eigenvalue weighted by atomic mass is 9.96. The molecule has 12 rings (SSSR count). The van der Waals surface area contributed by atoms with Gasteiger partial charge in [-0.2, -0.15) is 0 Å². The molecule has 2 aromatic heterocycles. The normalized spacial score (nSPS) is 11.7. The van der Waals surface area contributed by atoms with E-state index in [1.165, 1.54) is 10.9 Å². The quantitative estimate of drug-likeness (QED) is 0.151. The molecule has 0 atom stereocenters. The molecule has 0 amide bonds. The van der Waals surface area contributed by atoms with Crippen LogP contribution in [0.15, 0.2) is 227 Å². The zero-order valence-corrected chi connectivity index (χ0v) is 32.5. The molecule has 0 spiro atoms. The SMILES string of the molecule is c1ccc(-c2ccccc2N(c2ccccc2)c2ccc3c(c2)c2ccccc2c2c4ccc(N(c5ccccc5)c5cccc6c5oc5ccccc56)cc4oc32)cc1. The molecule has 0 fully saturated rings. The van der Waals surface area contributed by atoms with Crippen molar-refractivity contribution in [1.29, 1.82) is 0 Å². The topological polar surface area (TPSA) is 32.8 Å². The molecule has 0 aliphatic rings. The zero-order chi connectivity index (χ0) is 39.6. The van der Waals surface area contributed by atoms with Crippen LogP contribution in [0, 0.1) is 0 Å². The lowest BCUT2D eigenvalue weighted by molar-refractivity contribution is 0.668. The number of anilines is 6. The molecule has 282 valence electrons. The highest BCUT2D eigenvalue weighted by atomic mass is 16.3. The number of furan rings is 2. The van der Waals surface area contributed by atoms with Gasteiger partial charge in [-0.15, -0.1) is 0 Å². The van der Waals surface area contributed by atoms with Crippen molar-refractivity contribution in [2.75, 3.05) is 9.80 Å². The van der Waals surface area contributed by atoms with Gasteiger partial charge in [0.15, 0.2) is 5.58 Å². The third-order valence-electron chi connectivity index (χ3n) is 11.8. The first-order chi connectivity index (χ1) is 29.8. The molecule has 0 aliphatic carbocycles. The fraction of sp³-hybridized carbons (Fsp3) is 0. The number of fused-ring (bicyclic) bond motifs is 11. The first kappa shape index (κ1) is 34.0. The van der Waals surface area contributed by atoms with Gasteiger partial charge in [0, 0.05) is 55.6 Å². The van der Waals surface area contributed by atoms with Crippen molar-refractivity contribution >= 4 is 99.5 Å². The molecule has 0 unspecified atom stereocenters. The van der Waals surface area contributed by atoms with E-state index in [9.17, 15) is 0 Å². The Kier molecular flexibility index (Phi) is 7.82. The van der Waals surface area contributed by atoms with Crippen molar-refractivity contribution in [2.45, 2.75) is 0 Å². The summed E-state index contributed by atoms with van der Waals surface area (Å²) < 4.78 is 13.6. The second-order valence-electron chi connectivity index (χ2n) is 15.2. The highest BCUT2D eigenvalue weighted by molar-refractivity contribution is 6.30. The molecule has 0 saturated heterocycles. The van der Waals surface area contributed by atoms with Crippen LogP contribution in [0.1, 0.15) is 0 Å². The molecular weight excluding hydrogens is 733 g/mol. The molecule has 0 bridgehead atoms. The van der Waals surface area contributed by atoms with Gasteiger partial charge in [-0.05, 0) is 94.5 Å². The molecule has 0 aliphatic heterocycles. The number of hydrogen-bond acceptors (Lipinski definition) is 4. The molecular formula is C56H36N2O2.